The lowest BCUT2D eigenvalue weighted by atomic mass is 9.97. The molecule has 0 radical (unpaired) electrons. The van der Waals surface area contributed by atoms with Crippen molar-refractivity contribution in [3.63, 3.8) is 0 Å². The van der Waals surface area contributed by atoms with Crippen LogP contribution in [0.1, 0.15) is 25.8 Å². The third kappa shape index (κ3) is 2.66. The van der Waals surface area contributed by atoms with Crippen LogP contribution in [0.3, 0.4) is 0 Å². The molecule has 0 spiro atoms. The van der Waals surface area contributed by atoms with Crippen molar-refractivity contribution < 1.29 is 9.59 Å². The molecule has 0 bridgehead atoms. The number of hydrogen-bond donors (Lipinski definition) is 1. The summed E-state index contributed by atoms with van der Waals surface area (Å²) in [6, 6.07) is 15.0. The topological polar surface area (TPSA) is 61.8 Å². The smallest absolute Gasteiger partial charge is 0.322 e. The molecular formula is C21H18ClN3O2. The van der Waals surface area contributed by atoms with Crippen LogP contribution in [0.15, 0.2) is 53.6 Å². The number of nitrogens with zero attached hydrogens (tertiary/aromatic N) is 2. The van der Waals surface area contributed by atoms with Gasteiger partial charge in [0.05, 0.1) is 11.2 Å². The molecular weight excluding hydrogens is 362 g/mol. The van der Waals surface area contributed by atoms with Crippen molar-refractivity contribution in [2.45, 2.75) is 25.8 Å². The van der Waals surface area contributed by atoms with Crippen LogP contribution in [0, 0.1) is 0 Å². The second-order valence-corrected chi connectivity index (χ2v) is 7.17. The van der Waals surface area contributed by atoms with Gasteiger partial charge >= 0.3 is 6.03 Å². The average molecular weight is 380 g/mol. The fourth-order valence-electron chi connectivity index (χ4n) is 3.38. The standard InChI is InChI=1S/C21H18ClN3O2/c1-3-21(2)19(26)25(20(27)24-21)23-12-17-13-8-4-6-10-15(13)18(22)16-11-7-5-9-14(16)17/h4-12H,3H2,1-2H3,(H,24,27)/b23-12-/t21-/m0/s1. The maximum absolute atomic E-state index is 12.6. The molecule has 0 saturated carbocycles. The molecule has 0 aromatic heterocycles. The lowest BCUT2D eigenvalue weighted by molar-refractivity contribution is -0.130. The normalized spacial score (nSPS) is 20.2. The Kier molecular flexibility index (Phi) is 4.12. The van der Waals surface area contributed by atoms with E-state index in [1.807, 2.05) is 55.5 Å². The zero-order chi connectivity index (χ0) is 19.2. The Morgan fingerprint density at radius 1 is 1.04 bits per heavy atom. The summed E-state index contributed by atoms with van der Waals surface area (Å²) in [6.45, 7) is 3.56. The summed E-state index contributed by atoms with van der Waals surface area (Å²) in [5, 5.41) is 12.1. The van der Waals surface area contributed by atoms with Gasteiger partial charge in [0.1, 0.15) is 5.54 Å². The highest BCUT2D eigenvalue weighted by molar-refractivity contribution is 6.42. The highest BCUT2D eigenvalue weighted by Crippen LogP contribution is 2.35. The van der Waals surface area contributed by atoms with Gasteiger partial charge in [-0.1, -0.05) is 67.1 Å². The van der Waals surface area contributed by atoms with E-state index in [1.165, 1.54) is 0 Å². The number of benzene rings is 3. The maximum Gasteiger partial charge on any atom is 0.346 e. The van der Waals surface area contributed by atoms with Crippen molar-refractivity contribution >= 4 is 51.3 Å². The number of halogens is 1. The average Bonchev–Trinajstić information content (AvgIpc) is 2.91. The zero-order valence-corrected chi connectivity index (χ0v) is 15.7. The van der Waals surface area contributed by atoms with Crippen LogP contribution in [-0.4, -0.2) is 28.7 Å². The van der Waals surface area contributed by atoms with Crippen LogP contribution >= 0.6 is 11.6 Å². The molecule has 1 fully saturated rings. The van der Waals surface area contributed by atoms with Crippen molar-refractivity contribution in [1.29, 1.82) is 0 Å². The Bertz CT molecular complexity index is 1070. The SMILES string of the molecule is CC[C@]1(C)NC(=O)N(/N=C\c2c3ccccc3c(Cl)c3ccccc23)C1=O. The summed E-state index contributed by atoms with van der Waals surface area (Å²) in [5.41, 5.74) is -0.102. The summed E-state index contributed by atoms with van der Waals surface area (Å²) in [5.74, 6) is -0.353. The third-order valence-electron chi connectivity index (χ3n) is 5.16. The largest absolute Gasteiger partial charge is 0.346 e. The predicted octanol–water partition coefficient (Wildman–Crippen LogP) is 4.70. The molecule has 6 heteroatoms. The van der Waals surface area contributed by atoms with Gasteiger partial charge < -0.3 is 5.32 Å². The molecule has 1 saturated heterocycles. The number of urea groups is 1. The van der Waals surface area contributed by atoms with Gasteiger partial charge in [0, 0.05) is 16.3 Å². The first kappa shape index (κ1) is 17.5. The van der Waals surface area contributed by atoms with E-state index >= 15 is 0 Å². The molecule has 5 nitrogen and oxygen atoms in total. The van der Waals surface area contributed by atoms with Crippen LogP contribution in [-0.2, 0) is 4.79 Å². The quantitative estimate of drug-likeness (QED) is 0.407. The summed E-state index contributed by atoms with van der Waals surface area (Å²) in [4.78, 5) is 24.8. The Morgan fingerprint density at radius 2 is 1.56 bits per heavy atom. The minimum absolute atomic E-state index is 0.353. The number of amides is 3. The van der Waals surface area contributed by atoms with E-state index in [1.54, 1.807) is 13.1 Å². The van der Waals surface area contributed by atoms with E-state index in [0.29, 0.717) is 11.4 Å². The first-order valence-electron chi connectivity index (χ1n) is 8.76. The minimum atomic E-state index is -0.918. The molecule has 3 aromatic carbocycles. The number of fused-ring (bicyclic) bond motifs is 2. The second-order valence-electron chi connectivity index (χ2n) is 6.80. The highest BCUT2D eigenvalue weighted by Gasteiger charge is 2.46. The van der Waals surface area contributed by atoms with Crippen molar-refractivity contribution in [2.75, 3.05) is 0 Å². The second kappa shape index (κ2) is 6.35. The van der Waals surface area contributed by atoms with Crippen LogP contribution in [0.4, 0.5) is 4.79 Å². The molecule has 1 heterocycles. The molecule has 0 unspecified atom stereocenters. The van der Waals surface area contributed by atoms with Crippen molar-refractivity contribution in [1.82, 2.24) is 10.3 Å². The molecule has 1 aliphatic rings. The molecule has 3 amide bonds. The number of hydrazone groups is 1. The summed E-state index contributed by atoms with van der Waals surface area (Å²) in [6.07, 6.45) is 2.07. The number of rotatable bonds is 3. The number of nitrogens with one attached hydrogen (secondary N) is 1. The van der Waals surface area contributed by atoms with E-state index in [-0.39, 0.29) is 5.91 Å². The third-order valence-corrected chi connectivity index (χ3v) is 5.56. The van der Waals surface area contributed by atoms with E-state index in [2.05, 4.69) is 10.4 Å². The van der Waals surface area contributed by atoms with E-state index in [9.17, 15) is 9.59 Å². The molecule has 1 atom stereocenters. The van der Waals surface area contributed by atoms with Gasteiger partial charge in [-0.05, 0) is 24.1 Å². The van der Waals surface area contributed by atoms with Crippen LogP contribution in [0.2, 0.25) is 5.02 Å². The zero-order valence-electron chi connectivity index (χ0n) is 15.0. The Hall–Kier alpha value is -2.92. The van der Waals surface area contributed by atoms with Gasteiger partial charge in [-0.15, -0.1) is 5.01 Å². The summed E-state index contributed by atoms with van der Waals surface area (Å²) >= 11 is 6.60. The maximum atomic E-state index is 12.6. The van der Waals surface area contributed by atoms with Crippen molar-refractivity contribution in [3.05, 3.63) is 59.1 Å². The molecule has 136 valence electrons. The lowest BCUT2D eigenvalue weighted by Crippen LogP contribution is -2.42. The van der Waals surface area contributed by atoms with Gasteiger partial charge in [0.2, 0.25) is 0 Å². The van der Waals surface area contributed by atoms with Gasteiger partial charge in [0.15, 0.2) is 0 Å². The molecule has 4 rings (SSSR count). The lowest BCUT2D eigenvalue weighted by Gasteiger charge is -2.17. The molecule has 0 aliphatic carbocycles. The van der Waals surface area contributed by atoms with Gasteiger partial charge in [0.25, 0.3) is 5.91 Å². The minimum Gasteiger partial charge on any atom is -0.322 e. The van der Waals surface area contributed by atoms with Crippen molar-refractivity contribution in [2.24, 2.45) is 5.10 Å². The van der Waals surface area contributed by atoms with E-state index in [4.69, 9.17) is 11.6 Å². The number of imide groups is 1. The van der Waals surface area contributed by atoms with Gasteiger partial charge in [-0.3, -0.25) is 4.79 Å². The Labute approximate surface area is 161 Å². The molecule has 27 heavy (non-hydrogen) atoms. The van der Waals surface area contributed by atoms with Gasteiger partial charge in [-0.2, -0.15) is 5.10 Å². The summed E-state index contributed by atoms with van der Waals surface area (Å²) < 4.78 is 0. The molecule has 1 N–H and O–H groups in total. The fraction of sp³-hybridized carbons (Fsp3) is 0.190. The molecule has 1 aliphatic heterocycles. The fourth-order valence-corrected chi connectivity index (χ4v) is 3.71. The van der Waals surface area contributed by atoms with Crippen LogP contribution in [0.25, 0.3) is 21.5 Å². The Morgan fingerprint density at radius 3 is 2.04 bits per heavy atom. The predicted molar refractivity (Wildman–Crippen MR) is 108 cm³/mol. The summed E-state index contributed by atoms with van der Waals surface area (Å²) in [7, 11) is 0. The Balaban J connectivity index is 1.89. The van der Waals surface area contributed by atoms with Gasteiger partial charge in [-0.25, -0.2) is 4.79 Å². The first-order chi connectivity index (χ1) is 13.0. The first-order valence-corrected chi connectivity index (χ1v) is 9.13. The number of hydrogen-bond acceptors (Lipinski definition) is 3. The monoisotopic (exact) mass is 379 g/mol. The van der Waals surface area contributed by atoms with E-state index < -0.39 is 11.6 Å². The van der Waals surface area contributed by atoms with Crippen molar-refractivity contribution in [3.8, 4) is 0 Å². The highest BCUT2D eigenvalue weighted by atomic mass is 35.5. The van der Waals surface area contributed by atoms with Crippen LogP contribution < -0.4 is 5.32 Å². The number of carbonyl (C=O) groups is 2. The van der Waals surface area contributed by atoms with E-state index in [0.717, 1.165) is 32.1 Å². The number of carbonyl (C=O) groups excluding carboxylic acids is 2. The van der Waals surface area contributed by atoms with Crippen LogP contribution in [0.5, 0.6) is 0 Å². The molecule has 3 aromatic rings.